The Morgan fingerprint density at radius 2 is 2.10 bits per heavy atom. The van der Waals surface area contributed by atoms with E-state index in [0.29, 0.717) is 6.04 Å². The van der Waals surface area contributed by atoms with Crippen molar-refractivity contribution in [3.05, 3.63) is 54.9 Å². The topological polar surface area (TPSA) is 59.8 Å². The summed E-state index contributed by atoms with van der Waals surface area (Å²) in [6.07, 6.45) is 15.6. The summed E-state index contributed by atoms with van der Waals surface area (Å²) < 4.78 is 2.09. The van der Waals surface area contributed by atoms with Crippen LogP contribution in [0.4, 0.5) is 0 Å². The van der Waals surface area contributed by atoms with Gasteiger partial charge < -0.3 is 9.88 Å². The lowest BCUT2D eigenvalue weighted by atomic mass is 10.1. The van der Waals surface area contributed by atoms with E-state index >= 15 is 0 Å². The molecule has 108 valence electrons. The van der Waals surface area contributed by atoms with Gasteiger partial charge in [-0.05, 0) is 43.0 Å². The molecular weight excluding hydrogens is 264 g/mol. The third kappa shape index (κ3) is 3.37. The van der Waals surface area contributed by atoms with Gasteiger partial charge in [-0.25, -0.2) is 4.98 Å². The maximum absolute atomic E-state index is 12.0. The minimum Gasteiger partial charge on any atom is -0.348 e. The molecule has 5 heteroatoms. The smallest absolute Gasteiger partial charge is 0.244 e. The molecular formula is C16H18N4O. The number of amides is 1. The van der Waals surface area contributed by atoms with E-state index < -0.39 is 0 Å². The van der Waals surface area contributed by atoms with Gasteiger partial charge >= 0.3 is 0 Å². The Kier molecular flexibility index (Phi) is 4.09. The summed E-state index contributed by atoms with van der Waals surface area (Å²) in [5, 5.41) is 3.10. The fourth-order valence-electron chi connectivity index (χ4n) is 2.81. The average molecular weight is 282 g/mol. The molecule has 0 aliphatic heterocycles. The molecule has 1 aliphatic rings. The number of carbonyl (C=O) groups excluding carboxylic acids is 1. The first-order chi connectivity index (χ1) is 10.3. The van der Waals surface area contributed by atoms with Crippen LogP contribution in [0.25, 0.3) is 6.08 Å². The van der Waals surface area contributed by atoms with Gasteiger partial charge in [0.25, 0.3) is 0 Å². The van der Waals surface area contributed by atoms with E-state index in [0.717, 1.165) is 24.8 Å². The number of imidazole rings is 1. The van der Waals surface area contributed by atoms with E-state index in [1.54, 1.807) is 30.7 Å². The molecule has 1 amide bonds. The zero-order chi connectivity index (χ0) is 14.5. The van der Waals surface area contributed by atoms with Crippen molar-refractivity contribution in [3.8, 4) is 0 Å². The van der Waals surface area contributed by atoms with Gasteiger partial charge in [-0.3, -0.25) is 9.78 Å². The summed E-state index contributed by atoms with van der Waals surface area (Å²) in [7, 11) is 0. The lowest BCUT2D eigenvalue weighted by molar-refractivity contribution is -0.117. The second-order valence-corrected chi connectivity index (χ2v) is 5.24. The molecule has 0 aromatic carbocycles. The molecule has 1 saturated carbocycles. The molecule has 0 radical (unpaired) electrons. The summed E-state index contributed by atoms with van der Waals surface area (Å²) in [5.41, 5.74) is 0.970. The van der Waals surface area contributed by atoms with E-state index in [-0.39, 0.29) is 11.9 Å². The Morgan fingerprint density at radius 1 is 1.24 bits per heavy atom. The van der Waals surface area contributed by atoms with Gasteiger partial charge in [0.15, 0.2) is 0 Å². The van der Waals surface area contributed by atoms with E-state index in [1.807, 2.05) is 24.7 Å². The molecule has 1 N–H and O–H groups in total. The fraction of sp³-hybridized carbons (Fsp3) is 0.312. The van der Waals surface area contributed by atoms with Crippen LogP contribution in [0.2, 0.25) is 0 Å². The Labute approximate surface area is 123 Å². The van der Waals surface area contributed by atoms with Crippen LogP contribution in [0.3, 0.4) is 0 Å². The van der Waals surface area contributed by atoms with E-state index in [1.165, 1.54) is 0 Å². The van der Waals surface area contributed by atoms with Gasteiger partial charge in [0.1, 0.15) is 0 Å². The largest absolute Gasteiger partial charge is 0.348 e. The maximum Gasteiger partial charge on any atom is 0.244 e. The fourth-order valence-corrected chi connectivity index (χ4v) is 2.81. The molecule has 0 saturated heterocycles. The van der Waals surface area contributed by atoms with Crippen LogP contribution < -0.4 is 5.32 Å². The Balaban J connectivity index is 1.61. The first-order valence-corrected chi connectivity index (χ1v) is 7.19. The van der Waals surface area contributed by atoms with Crippen molar-refractivity contribution in [2.45, 2.75) is 31.3 Å². The molecule has 1 aliphatic carbocycles. The van der Waals surface area contributed by atoms with Gasteiger partial charge in [0.2, 0.25) is 5.91 Å². The van der Waals surface area contributed by atoms with Crippen molar-refractivity contribution < 1.29 is 4.79 Å². The number of hydrogen-bond acceptors (Lipinski definition) is 3. The maximum atomic E-state index is 12.0. The minimum absolute atomic E-state index is 0.0520. The van der Waals surface area contributed by atoms with Crippen LogP contribution in [-0.4, -0.2) is 26.5 Å². The molecule has 5 nitrogen and oxygen atoms in total. The third-order valence-corrected chi connectivity index (χ3v) is 3.85. The number of pyridine rings is 1. The summed E-state index contributed by atoms with van der Waals surface area (Å²) in [6, 6.07) is 4.22. The molecule has 2 aromatic rings. The molecule has 2 atom stereocenters. The number of hydrogen-bond donors (Lipinski definition) is 1. The first kappa shape index (κ1) is 13.5. The molecule has 21 heavy (non-hydrogen) atoms. The predicted octanol–water partition coefficient (Wildman–Crippen LogP) is 2.20. The normalized spacial score (nSPS) is 21.7. The van der Waals surface area contributed by atoms with Crippen LogP contribution in [0, 0.1) is 0 Å². The summed E-state index contributed by atoms with van der Waals surface area (Å²) in [5.74, 6) is -0.0520. The van der Waals surface area contributed by atoms with Crippen molar-refractivity contribution in [2.24, 2.45) is 0 Å². The zero-order valence-corrected chi connectivity index (χ0v) is 11.7. The van der Waals surface area contributed by atoms with Gasteiger partial charge in [-0.2, -0.15) is 0 Å². The monoisotopic (exact) mass is 282 g/mol. The SMILES string of the molecule is O=C(/C=C/c1ccncc1)N[C@@H]1CCC[C@@H]1n1ccnc1. The van der Waals surface area contributed by atoms with E-state index in [9.17, 15) is 4.79 Å². The molecule has 2 heterocycles. The van der Waals surface area contributed by atoms with Gasteiger partial charge in [-0.1, -0.05) is 0 Å². The second kappa shape index (κ2) is 6.35. The number of rotatable bonds is 4. The van der Waals surface area contributed by atoms with Crippen LogP contribution in [0.1, 0.15) is 30.9 Å². The number of carbonyl (C=O) groups is 1. The lowest BCUT2D eigenvalue weighted by Gasteiger charge is -2.21. The van der Waals surface area contributed by atoms with Crippen molar-refractivity contribution in [2.75, 3.05) is 0 Å². The van der Waals surface area contributed by atoms with E-state index in [2.05, 4.69) is 19.9 Å². The highest BCUT2D eigenvalue weighted by molar-refractivity contribution is 5.91. The number of nitrogens with one attached hydrogen (secondary N) is 1. The Hall–Kier alpha value is -2.43. The Bertz CT molecular complexity index is 606. The highest BCUT2D eigenvalue weighted by atomic mass is 16.1. The van der Waals surface area contributed by atoms with Gasteiger partial charge in [0, 0.05) is 36.9 Å². The van der Waals surface area contributed by atoms with Crippen molar-refractivity contribution in [1.29, 1.82) is 0 Å². The van der Waals surface area contributed by atoms with E-state index in [4.69, 9.17) is 0 Å². The summed E-state index contributed by atoms with van der Waals surface area (Å²) in [6.45, 7) is 0. The Morgan fingerprint density at radius 3 is 2.86 bits per heavy atom. The van der Waals surface area contributed by atoms with Crippen LogP contribution in [0.5, 0.6) is 0 Å². The zero-order valence-electron chi connectivity index (χ0n) is 11.7. The molecule has 2 aromatic heterocycles. The highest BCUT2D eigenvalue weighted by Crippen LogP contribution is 2.29. The van der Waals surface area contributed by atoms with Crippen molar-refractivity contribution >= 4 is 12.0 Å². The minimum atomic E-state index is -0.0520. The third-order valence-electron chi connectivity index (χ3n) is 3.85. The second-order valence-electron chi connectivity index (χ2n) is 5.24. The molecule has 0 spiro atoms. The molecule has 0 bridgehead atoms. The first-order valence-electron chi connectivity index (χ1n) is 7.19. The number of aromatic nitrogens is 3. The van der Waals surface area contributed by atoms with Gasteiger partial charge in [-0.15, -0.1) is 0 Å². The van der Waals surface area contributed by atoms with Crippen molar-refractivity contribution in [3.63, 3.8) is 0 Å². The molecule has 0 unspecified atom stereocenters. The molecule has 1 fully saturated rings. The summed E-state index contributed by atoms with van der Waals surface area (Å²) in [4.78, 5) is 20.1. The molecule has 3 rings (SSSR count). The van der Waals surface area contributed by atoms with Gasteiger partial charge in [0.05, 0.1) is 12.4 Å². The van der Waals surface area contributed by atoms with Crippen LogP contribution in [-0.2, 0) is 4.79 Å². The standard InChI is InChI=1S/C16H18N4O/c21-16(5-4-13-6-8-17-9-7-13)19-14-2-1-3-15(14)20-11-10-18-12-20/h4-12,14-15H,1-3H2,(H,19,21)/b5-4+/t14-,15+/m1/s1. The average Bonchev–Trinajstić information content (AvgIpc) is 3.17. The highest BCUT2D eigenvalue weighted by Gasteiger charge is 2.28. The summed E-state index contributed by atoms with van der Waals surface area (Å²) >= 11 is 0. The van der Waals surface area contributed by atoms with Crippen molar-refractivity contribution in [1.82, 2.24) is 19.9 Å². The predicted molar refractivity (Wildman–Crippen MR) is 80.3 cm³/mol. The van der Waals surface area contributed by atoms with Crippen LogP contribution >= 0.6 is 0 Å². The lowest BCUT2D eigenvalue weighted by Crippen LogP contribution is -2.37. The van der Waals surface area contributed by atoms with Crippen LogP contribution in [0.15, 0.2) is 49.3 Å². The number of nitrogens with zero attached hydrogens (tertiary/aromatic N) is 3. The quantitative estimate of drug-likeness (QED) is 0.875.